The van der Waals surface area contributed by atoms with E-state index in [-0.39, 0.29) is 43.5 Å². The van der Waals surface area contributed by atoms with Gasteiger partial charge in [0.25, 0.3) is 0 Å². The number of benzene rings is 3. The van der Waals surface area contributed by atoms with Gasteiger partial charge in [0.05, 0.1) is 5.76 Å². The molecule has 4 aromatic rings. The van der Waals surface area contributed by atoms with Crippen LogP contribution in [0.5, 0.6) is 11.6 Å². The second kappa shape index (κ2) is 15.4. The normalized spacial score (nSPS) is 11.3. The zero-order valence-corrected chi connectivity index (χ0v) is 25.4. The number of nitrogens with zero attached hydrogens (tertiary/aromatic N) is 1. The number of pyridine rings is 1. The molecule has 0 spiro atoms. The van der Waals surface area contributed by atoms with Crippen molar-refractivity contribution in [1.82, 2.24) is 4.98 Å². The number of allylic oxidation sites excluding steroid dienone is 2. The van der Waals surface area contributed by atoms with E-state index in [1.807, 2.05) is 58.0 Å². The van der Waals surface area contributed by atoms with Gasteiger partial charge in [-0.05, 0) is 66.5 Å². The number of aromatic nitrogens is 1. The molecule has 1 N–H and O–H groups in total. The van der Waals surface area contributed by atoms with E-state index in [0.717, 1.165) is 36.5 Å². The summed E-state index contributed by atoms with van der Waals surface area (Å²) in [5.41, 5.74) is 1.26. The van der Waals surface area contributed by atoms with Crippen LogP contribution in [0.4, 0.5) is 0 Å². The standard InChI is InChI=1S/C20H14NO.C13H24O2.Ir/c1-14-6-5-7-15-10-11-18-17(19(14)15)12-13-21-20(18)22-16-8-3-2-4-9-16;1-5-10(6-2)12(14)9-13(15)11(7-3)8-4;/h2-8,10-13H,1H3;9-11,14H,5-8H2,1-4H3;/q-1;;/b;12-9-;. The first-order valence-electron chi connectivity index (χ1n) is 13.3. The van der Waals surface area contributed by atoms with Gasteiger partial charge in [-0.25, -0.2) is 4.98 Å². The van der Waals surface area contributed by atoms with E-state index in [2.05, 4.69) is 48.3 Å². The SMILES string of the molecule is CCC(CC)C(=O)/C=C(\O)C(CC)CC.Cc1cccc2ccc3c(Oc4[c-]cccc4)nccc3c12.[Ir]. The van der Waals surface area contributed by atoms with Gasteiger partial charge in [-0.15, -0.1) is 12.1 Å². The second-order valence-corrected chi connectivity index (χ2v) is 9.28. The zero-order valence-electron chi connectivity index (χ0n) is 23.0. The number of aliphatic hydroxyl groups excluding tert-OH is 1. The van der Waals surface area contributed by atoms with E-state index in [1.165, 1.54) is 22.4 Å². The Balaban J connectivity index is 0.000000282. The molecular weight excluding hydrogens is 651 g/mol. The number of carbonyl (C=O) groups is 1. The van der Waals surface area contributed by atoms with Crippen LogP contribution in [0.3, 0.4) is 0 Å². The van der Waals surface area contributed by atoms with E-state index >= 15 is 0 Å². The Morgan fingerprint density at radius 2 is 1.63 bits per heavy atom. The summed E-state index contributed by atoms with van der Waals surface area (Å²) in [6.45, 7) is 10.2. The van der Waals surface area contributed by atoms with Gasteiger partial charge in [-0.2, -0.15) is 18.2 Å². The van der Waals surface area contributed by atoms with Gasteiger partial charge in [-0.1, -0.05) is 52.0 Å². The molecule has 4 nitrogen and oxygen atoms in total. The van der Waals surface area contributed by atoms with E-state index in [9.17, 15) is 9.90 Å². The molecule has 4 rings (SSSR count). The molecule has 5 heteroatoms. The zero-order chi connectivity index (χ0) is 26.8. The molecule has 0 aliphatic rings. The van der Waals surface area contributed by atoms with Crippen molar-refractivity contribution in [2.45, 2.75) is 60.3 Å². The first-order chi connectivity index (χ1) is 17.9. The summed E-state index contributed by atoms with van der Waals surface area (Å²) in [5.74, 6) is 1.84. The van der Waals surface area contributed by atoms with E-state index in [4.69, 9.17) is 4.74 Å². The summed E-state index contributed by atoms with van der Waals surface area (Å²) in [7, 11) is 0. The average Bonchev–Trinajstić information content (AvgIpc) is 2.91. The summed E-state index contributed by atoms with van der Waals surface area (Å²) in [6, 6.07) is 23.2. The minimum absolute atomic E-state index is 0. The van der Waals surface area contributed by atoms with Crippen LogP contribution >= 0.6 is 0 Å². The van der Waals surface area contributed by atoms with Crippen LogP contribution in [-0.4, -0.2) is 15.9 Å². The summed E-state index contributed by atoms with van der Waals surface area (Å²) < 4.78 is 5.91. The Kier molecular flexibility index (Phi) is 12.7. The molecule has 0 saturated carbocycles. The summed E-state index contributed by atoms with van der Waals surface area (Å²) in [4.78, 5) is 16.1. The summed E-state index contributed by atoms with van der Waals surface area (Å²) in [5, 5.41) is 14.4. The monoisotopic (exact) mass is 689 g/mol. The topological polar surface area (TPSA) is 59.4 Å². The van der Waals surface area contributed by atoms with Crippen LogP contribution in [0, 0.1) is 24.8 Å². The predicted molar refractivity (Wildman–Crippen MR) is 153 cm³/mol. The largest absolute Gasteiger partial charge is 0.512 e. The number of para-hydroxylation sites is 1. The quantitative estimate of drug-likeness (QED) is 0.0825. The number of fused-ring (bicyclic) bond motifs is 3. The predicted octanol–water partition coefficient (Wildman–Crippen LogP) is 9.16. The molecule has 3 aromatic carbocycles. The minimum Gasteiger partial charge on any atom is -0.512 e. The van der Waals surface area contributed by atoms with Crippen LogP contribution < -0.4 is 4.74 Å². The van der Waals surface area contributed by atoms with Gasteiger partial charge in [0, 0.05) is 55.3 Å². The van der Waals surface area contributed by atoms with Crippen molar-refractivity contribution in [3.63, 3.8) is 0 Å². The van der Waals surface area contributed by atoms with Gasteiger partial charge in [0.15, 0.2) is 5.78 Å². The van der Waals surface area contributed by atoms with Crippen molar-refractivity contribution < 1.29 is 34.7 Å². The van der Waals surface area contributed by atoms with Crippen molar-refractivity contribution >= 4 is 27.3 Å². The molecule has 0 bridgehead atoms. The molecule has 0 unspecified atom stereocenters. The molecule has 203 valence electrons. The van der Waals surface area contributed by atoms with Crippen LogP contribution in [0.25, 0.3) is 21.5 Å². The van der Waals surface area contributed by atoms with Crippen LogP contribution in [0.15, 0.2) is 78.7 Å². The van der Waals surface area contributed by atoms with Crippen molar-refractivity contribution in [2.24, 2.45) is 11.8 Å². The van der Waals surface area contributed by atoms with Gasteiger partial charge < -0.3 is 9.84 Å². The molecule has 0 saturated heterocycles. The maximum absolute atomic E-state index is 11.7. The van der Waals surface area contributed by atoms with Crippen LogP contribution in [-0.2, 0) is 24.9 Å². The van der Waals surface area contributed by atoms with Crippen molar-refractivity contribution in [1.29, 1.82) is 0 Å². The molecular formula is C33H38IrNO3-. The van der Waals surface area contributed by atoms with E-state index < -0.39 is 0 Å². The van der Waals surface area contributed by atoms with Gasteiger partial charge in [0.1, 0.15) is 0 Å². The van der Waals surface area contributed by atoms with Crippen LogP contribution in [0.1, 0.15) is 58.9 Å². The molecule has 0 amide bonds. The van der Waals surface area contributed by atoms with E-state index in [0.29, 0.717) is 11.6 Å². The fraction of sp³-hybridized carbons (Fsp3) is 0.333. The Labute approximate surface area is 240 Å². The Morgan fingerprint density at radius 3 is 2.26 bits per heavy atom. The number of aliphatic hydroxyl groups is 1. The van der Waals surface area contributed by atoms with Crippen molar-refractivity contribution in [2.75, 3.05) is 0 Å². The fourth-order valence-corrected chi connectivity index (χ4v) is 4.61. The fourth-order valence-electron chi connectivity index (χ4n) is 4.61. The molecule has 1 radical (unpaired) electrons. The van der Waals surface area contributed by atoms with E-state index in [1.54, 1.807) is 6.20 Å². The van der Waals surface area contributed by atoms with Crippen molar-refractivity contribution in [3.8, 4) is 11.6 Å². The third-order valence-electron chi connectivity index (χ3n) is 6.93. The number of rotatable bonds is 9. The summed E-state index contributed by atoms with van der Waals surface area (Å²) in [6.07, 6.45) is 6.70. The smallest absolute Gasteiger partial charge is 0.224 e. The number of aryl methyl sites for hydroxylation is 1. The molecule has 0 fully saturated rings. The minimum atomic E-state index is 0. The van der Waals surface area contributed by atoms with Crippen LogP contribution in [0.2, 0.25) is 0 Å². The number of carbonyl (C=O) groups excluding carboxylic acids is 1. The third-order valence-corrected chi connectivity index (χ3v) is 6.93. The first kappa shape index (κ1) is 31.2. The average molecular weight is 689 g/mol. The van der Waals surface area contributed by atoms with Gasteiger partial charge >= 0.3 is 0 Å². The molecule has 38 heavy (non-hydrogen) atoms. The molecule has 0 atom stereocenters. The number of hydrogen-bond donors (Lipinski definition) is 1. The third kappa shape index (κ3) is 7.75. The summed E-state index contributed by atoms with van der Waals surface area (Å²) >= 11 is 0. The Bertz CT molecular complexity index is 1340. The molecule has 1 aromatic heterocycles. The molecule has 0 aliphatic heterocycles. The number of ketones is 1. The number of hydrogen-bond acceptors (Lipinski definition) is 4. The second-order valence-electron chi connectivity index (χ2n) is 9.28. The Hall–Kier alpha value is -3.01. The molecule has 0 aliphatic carbocycles. The Morgan fingerprint density at radius 1 is 0.921 bits per heavy atom. The van der Waals surface area contributed by atoms with Gasteiger partial charge in [0.2, 0.25) is 5.88 Å². The first-order valence-corrected chi connectivity index (χ1v) is 13.3. The van der Waals surface area contributed by atoms with Crippen molar-refractivity contribution in [3.05, 3.63) is 90.3 Å². The maximum atomic E-state index is 11.7. The van der Waals surface area contributed by atoms with Gasteiger partial charge in [-0.3, -0.25) is 4.79 Å². The number of ether oxygens (including phenoxy) is 1. The molecule has 1 heterocycles. The maximum Gasteiger partial charge on any atom is 0.224 e.